The second kappa shape index (κ2) is 10.8. The molecule has 0 heterocycles. The smallest absolute Gasteiger partial charge is 0.123 e. The maximum atomic E-state index is 12.9. The standard InChI is InChI=1S/C18H30FN/c1-3-4-5-6-7-8-9-10-11-18(20-2)16-12-14-17(19)15-13-16/h12-15,18,20H,3-11H2,1-2H3. The van der Waals surface area contributed by atoms with E-state index in [-0.39, 0.29) is 5.82 Å². The fourth-order valence-corrected chi connectivity index (χ4v) is 2.66. The van der Waals surface area contributed by atoms with Gasteiger partial charge in [0.1, 0.15) is 5.82 Å². The number of benzene rings is 1. The number of hydrogen-bond acceptors (Lipinski definition) is 1. The maximum absolute atomic E-state index is 12.9. The van der Waals surface area contributed by atoms with Gasteiger partial charge in [-0.05, 0) is 31.2 Å². The monoisotopic (exact) mass is 279 g/mol. The van der Waals surface area contributed by atoms with Gasteiger partial charge >= 0.3 is 0 Å². The van der Waals surface area contributed by atoms with Crippen molar-refractivity contribution in [3.05, 3.63) is 35.6 Å². The van der Waals surface area contributed by atoms with Crippen LogP contribution in [-0.4, -0.2) is 7.05 Å². The van der Waals surface area contributed by atoms with Crippen molar-refractivity contribution >= 4 is 0 Å². The lowest BCUT2D eigenvalue weighted by molar-refractivity contribution is 0.493. The highest BCUT2D eigenvalue weighted by Crippen LogP contribution is 2.20. The van der Waals surface area contributed by atoms with Gasteiger partial charge in [0.15, 0.2) is 0 Å². The highest BCUT2D eigenvalue weighted by Gasteiger charge is 2.08. The van der Waals surface area contributed by atoms with Crippen LogP contribution in [0.5, 0.6) is 0 Å². The second-order valence-electron chi connectivity index (χ2n) is 5.66. The Hall–Kier alpha value is -0.890. The van der Waals surface area contributed by atoms with Gasteiger partial charge in [-0.15, -0.1) is 0 Å². The van der Waals surface area contributed by atoms with Crippen molar-refractivity contribution in [1.82, 2.24) is 5.32 Å². The molecule has 1 unspecified atom stereocenters. The van der Waals surface area contributed by atoms with Crippen LogP contribution >= 0.6 is 0 Å². The predicted octanol–water partition coefficient (Wildman–Crippen LogP) is 5.62. The maximum Gasteiger partial charge on any atom is 0.123 e. The summed E-state index contributed by atoms with van der Waals surface area (Å²) < 4.78 is 12.9. The van der Waals surface area contributed by atoms with Crippen molar-refractivity contribution in [3.63, 3.8) is 0 Å². The summed E-state index contributed by atoms with van der Waals surface area (Å²) in [4.78, 5) is 0. The normalized spacial score (nSPS) is 12.6. The Morgan fingerprint density at radius 3 is 2.00 bits per heavy atom. The minimum absolute atomic E-state index is 0.157. The molecule has 0 aliphatic heterocycles. The molecule has 0 fully saturated rings. The molecule has 20 heavy (non-hydrogen) atoms. The summed E-state index contributed by atoms with van der Waals surface area (Å²) >= 11 is 0. The third-order valence-corrected chi connectivity index (χ3v) is 3.97. The van der Waals surface area contributed by atoms with Crippen molar-refractivity contribution in [2.45, 2.75) is 70.8 Å². The molecule has 2 heteroatoms. The molecule has 1 aromatic carbocycles. The fourth-order valence-electron chi connectivity index (χ4n) is 2.66. The molecule has 1 atom stereocenters. The van der Waals surface area contributed by atoms with Gasteiger partial charge in [0.2, 0.25) is 0 Å². The van der Waals surface area contributed by atoms with Crippen LogP contribution in [0.25, 0.3) is 0 Å². The van der Waals surface area contributed by atoms with Crippen LogP contribution in [0.1, 0.15) is 76.3 Å². The zero-order chi connectivity index (χ0) is 14.6. The minimum Gasteiger partial charge on any atom is -0.313 e. The van der Waals surface area contributed by atoms with Gasteiger partial charge in [-0.3, -0.25) is 0 Å². The lowest BCUT2D eigenvalue weighted by Crippen LogP contribution is -2.16. The van der Waals surface area contributed by atoms with Crippen molar-refractivity contribution in [1.29, 1.82) is 0 Å². The zero-order valence-electron chi connectivity index (χ0n) is 13.1. The van der Waals surface area contributed by atoms with E-state index < -0.39 is 0 Å². The number of hydrogen-bond donors (Lipinski definition) is 1. The summed E-state index contributed by atoms with van der Waals surface area (Å²) in [6.07, 6.45) is 11.9. The number of rotatable bonds is 11. The molecule has 0 saturated heterocycles. The number of halogens is 1. The first kappa shape index (κ1) is 17.2. The Balaban J connectivity index is 2.14. The van der Waals surface area contributed by atoms with Gasteiger partial charge < -0.3 is 5.32 Å². The summed E-state index contributed by atoms with van der Waals surface area (Å²) in [6.45, 7) is 2.26. The Morgan fingerprint density at radius 1 is 0.900 bits per heavy atom. The number of nitrogens with one attached hydrogen (secondary N) is 1. The van der Waals surface area contributed by atoms with Crippen LogP contribution in [0.3, 0.4) is 0 Å². The van der Waals surface area contributed by atoms with E-state index in [1.54, 1.807) is 12.1 Å². The van der Waals surface area contributed by atoms with E-state index in [1.165, 1.54) is 56.9 Å². The van der Waals surface area contributed by atoms with E-state index in [4.69, 9.17) is 0 Å². The van der Waals surface area contributed by atoms with Crippen molar-refractivity contribution < 1.29 is 4.39 Å². The molecular formula is C18H30FN. The van der Waals surface area contributed by atoms with Gasteiger partial charge in [0.25, 0.3) is 0 Å². The summed E-state index contributed by atoms with van der Waals surface area (Å²) in [6, 6.07) is 7.24. The molecule has 0 bridgehead atoms. The molecule has 0 spiro atoms. The van der Waals surface area contributed by atoms with Gasteiger partial charge in [-0.2, -0.15) is 0 Å². The fraction of sp³-hybridized carbons (Fsp3) is 0.667. The van der Waals surface area contributed by atoms with Crippen molar-refractivity contribution in [3.8, 4) is 0 Å². The molecule has 114 valence electrons. The van der Waals surface area contributed by atoms with E-state index in [0.717, 1.165) is 6.42 Å². The van der Waals surface area contributed by atoms with Crippen LogP contribution in [-0.2, 0) is 0 Å². The Morgan fingerprint density at radius 2 is 1.45 bits per heavy atom. The van der Waals surface area contributed by atoms with Gasteiger partial charge in [0.05, 0.1) is 0 Å². The Bertz CT molecular complexity index is 334. The average Bonchev–Trinajstić information content (AvgIpc) is 2.47. The molecule has 0 aliphatic carbocycles. The first-order valence-corrected chi connectivity index (χ1v) is 8.20. The first-order valence-electron chi connectivity index (χ1n) is 8.20. The van der Waals surface area contributed by atoms with Gasteiger partial charge in [-0.25, -0.2) is 4.39 Å². The lowest BCUT2D eigenvalue weighted by Gasteiger charge is -2.16. The lowest BCUT2D eigenvalue weighted by atomic mass is 9.99. The molecule has 0 saturated carbocycles. The van der Waals surface area contributed by atoms with E-state index in [9.17, 15) is 4.39 Å². The Kier molecular flexibility index (Phi) is 9.31. The topological polar surface area (TPSA) is 12.0 Å². The molecule has 1 rings (SSSR count). The average molecular weight is 279 g/mol. The van der Waals surface area contributed by atoms with Gasteiger partial charge in [-0.1, -0.05) is 70.4 Å². The van der Waals surface area contributed by atoms with E-state index in [2.05, 4.69) is 12.2 Å². The third-order valence-electron chi connectivity index (χ3n) is 3.97. The molecule has 0 amide bonds. The highest BCUT2D eigenvalue weighted by molar-refractivity contribution is 5.19. The van der Waals surface area contributed by atoms with Crippen molar-refractivity contribution in [2.24, 2.45) is 0 Å². The summed E-state index contributed by atoms with van der Waals surface area (Å²) in [7, 11) is 1.98. The largest absolute Gasteiger partial charge is 0.313 e. The van der Waals surface area contributed by atoms with Crippen LogP contribution in [0.2, 0.25) is 0 Å². The molecule has 0 aliphatic rings. The van der Waals surface area contributed by atoms with E-state index in [0.29, 0.717) is 6.04 Å². The highest BCUT2D eigenvalue weighted by atomic mass is 19.1. The molecule has 1 N–H and O–H groups in total. The van der Waals surface area contributed by atoms with Crippen LogP contribution < -0.4 is 5.32 Å². The zero-order valence-corrected chi connectivity index (χ0v) is 13.1. The SMILES string of the molecule is CCCCCCCCCCC(NC)c1ccc(F)cc1. The molecule has 0 aromatic heterocycles. The minimum atomic E-state index is -0.157. The molecule has 1 nitrogen and oxygen atoms in total. The number of unbranched alkanes of at least 4 members (excludes halogenated alkanes) is 7. The third kappa shape index (κ3) is 7.04. The second-order valence-corrected chi connectivity index (χ2v) is 5.66. The summed E-state index contributed by atoms with van der Waals surface area (Å²) in [5, 5.41) is 3.33. The summed E-state index contributed by atoms with van der Waals surface area (Å²) in [5.74, 6) is -0.157. The van der Waals surface area contributed by atoms with E-state index >= 15 is 0 Å². The molecule has 0 radical (unpaired) electrons. The first-order chi connectivity index (χ1) is 9.77. The Labute approximate surface area is 124 Å². The van der Waals surface area contributed by atoms with Crippen molar-refractivity contribution in [2.75, 3.05) is 7.05 Å². The molecular weight excluding hydrogens is 249 g/mol. The molecule has 1 aromatic rings. The predicted molar refractivity (Wildman–Crippen MR) is 85.4 cm³/mol. The van der Waals surface area contributed by atoms with Crippen LogP contribution in [0.15, 0.2) is 24.3 Å². The summed E-state index contributed by atoms with van der Waals surface area (Å²) in [5.41, 5.74) is 1.19. The van der Waals surface area contributed by atoms with E-state index in [1.807, 2.05) is 19.2 Å². The van der Waals surface area contributed by atoms with Crippen LogP contribution in [0.4, 0.5) is 4.39 Å². The van der Waals surface area contributed by atoms with Gasteiger partial charge in [0, 0.05) is 6.04 Å². The van der Waals surface area contributed by atoms with Crippen LogP contribution in [0, 0.1) is 5.82 Å². The quantitative estimate of drug-likeness (QED) is 0.519.